The largest absolute Gasteiger partial charge is 0.373 e. The van der Waals surface area contributed by atoms with Gasteiger partial charge in [0.25, 0.3) is 0 Å². The third-order valence-corrected chi connectivity index (χ3v) is 3.68. The molecule has 0 saturated carbocycles. The second-order valence-corrected chi connectivity index (χ2v) is 5.03. The fourth-order valence-electron chi connectivity index (χ4n) is 2.18. The molecular weight excluding hydrogens is 270 g/mol. The van der Waals surface area contributed by atoms with Crippen LogP contribution in [0.4, 0.5) is 5.82 Å². The molecule has 3 nitrogen and oxygen atoms in total. The Kier molecular flexibility index (Phi) is 3.28. The molecule has 3 aromatic rings. The first-order valence-electron chi connectivity index (χ1n) is 6.40. The number of para-hydroxylation sites is 1. The maximum Gasteiger partial charge on any atom is 0.162 e. The third-order valence-electron chi connectivity index (χ3n) is 3.26. The summed E-state index contributed by atoms with van der Waals surface area (Å²) < 4.78 is 0. The molecule has 1 aromatic heterocycles. The Bertz CT molecular complexity index is 784. The molecule has 0 aliphatic carbocycles. The quantitative estimate of drug-likeness (QED) is 0.762. The minimum absolute atomic E-state index is 0.702. The van der Waals surface area contributed by atoms with E-state index >= 15 is 0 Å². The van der Waals surface area contributed by atoms with Gasteiger partial charge in [0.2, 0.25) is 0 Å². The van der Waals surface area contributed by atoms with Crippen LogP contribution < -0.4 is 5.32 Å². The Morgan fingerprint density at radius 3 is 2.60 bits per heavy atom. The van der Waals surface area contributed by atoms with Crippen LogP contribution in [0.25, 0.3) is 22.3 Å². The number of anilines is 1. The molecule has 2 aromatic carbocycles. The molecule has 0 aliphatic rings. The summed E-state index contributed by atoms with van der Waals surface area (Å²) in [6, 6.07) is 13.8. The number of nitrogens with one attached hydrogen (secondary N) is 1. The van der Waals surface area contributed by atoms with Crippen molar-refractivity contribution in [1.82, 2.24) is 9.97 Å². The first-order chi connectivity index (χ1) is 9.69. The SMILES string of the molecule is CNc1nc(-c2ccc(Cl)c(C)c2)nc2ccccc12. The van der Waals surface area contributed by atoms with Crippen LogP contribution in [-0.4, -0.2) is 17.0 Å². The van der Waals surface area contributed by atoms with Crippen molar-refractivity contribution in [2.24, 2.45) is 0 Å². The van der Waals surface area contributed by atoms with Gasteiger partial charge in [-0.3, -0.25) is 0 Å². The van der Waals surface area contributed by atoms with E-state index in [9.17, 15) is 0 Å². The minimum atomic E-state index is 0.702. The zero-order chi connectivity index (χ0) is 14.1. The van der Waals surface area contributed by atoms with E-state index in [2.05, 4.69) is 15.3 Å². The van der Waals surface area contributed by atoms with Gasteiger partial charge in [-0.2, -0.15) is 0 Å². The van der Waals surface area contributed by atoms with Gasteiger partial charge in [-0.05, 0) is 42.8 Å². The van der Waals surface area contributed by atoms with Crippen LogP contribution >= 0.6 is 11.6 Å². The maximum absolute atomic E-state index is 6.07. The molecule has 0 spiro atoms. The van der Waals surface area contributed by atoms with Crippen LogP contribution in [0.2, 0.25) is 5.02 Å². The number of nitrogens with zero attached hydrogens (tertiary/aromatic N) is 2. The molecule has 0 radical (unpaired) electrons. The molecule has 1 N–H and O–H groups in total. The van der Waals surface area contributed by atoms with E-state index in [0.29, 0.717) is 5.82 Å². The lowest BCUT2D eigenvalue weighted by Crippen LogP contribution is -1.98. The van der Waals surface area contributed by atoms with Gasteiger partial charge in [0.15, 0.2) is 5.82 Å². The monoisotopic (exact) mass is 283 g/mol. The van der Waals surface area contributed by atoms with Crippen LogP contribution in [0, 0.1) is 6.92 Å². The predicted molar refractivity (Wildman–Crippen MR) is 84.3 cm³/mol. The number of benzene rings is 2. The summed E-state index contributed by atoms with van der Waals surface area (Å²) in [7, 11) is 1.87. The normalized spacial score (nSPS) is 10.8. The molecule has 0 atom stereocenters. The zero-order valence-electron chi connectivity index (χ0n) is 11.3. The molecular formula is C16H14ClN3. The third kappa shape index (κ3) is 2.21. The number of halogens is 1. The van der Waals surface area contributed by atoms with E-state index in [1.54, 1.807) is 0 Å². The van der Waals surface area contributed by atoms with E-state index in [0.717, 1.165) is 32.9 Å². The van der Waals surface area contributed by atoms with Gasteiger partial charge >= 0.3 is 0 Å². The summed E-state index contributed by atoms with van der Waals surface area (Å²) in [6.45, 7) is 1.98. The van der Waals surface area contributed by atoms with Crippen molar-refractivity contribution < 1.29 is 0 Å². The molecule has 3 rings (SSSR count). The van der Waals surface area contributed by atoms with E-state index < -0.39 is 0 Å². The smallest absolute Gasteiger partial charge is 0.162 e. The van der Waals surface area contributed by atoms with Gasteiger partial charge in [0.05, 0.1) is 5.52 Å². The molecule has 0 aliphatic heterocycles. The lowest BCUT2D eigenvalue weighted by molar-refractivity contribution is 1.21. The topological polar surface area (TPSA) is 37.8 Å². The first-order valence-corrected chi connectivity index (χ1v) is 6.78. The van der Waals surface area contributed by atoms with E-state index in [1.807, 2.05) is 56.4 Å². The van der Waals surface area contributed by atoms with Crippen LogP contribution in [0.1, 0.15) is 5.56 Å². The molecule has 20 heavy (non-hydrogen) atoms. The maximum atomic E-state index is 6.07. The average molecular weight is 284 g/mol. The summed E-state index contributed by atoms with van der Waals surface area (Å²) in [4.78, 5) is 9.23. The van der Waals surface area contributed by atoms with Crippen LogP contribution in [0.5, 0.6) is 0 Å². The van der Waals surface area contributed by atoms with Crippen molar-refractivity contribution in [1.29, 1.82) is 0 Å². The number of hydrogen-bond acceptors (Lipinski definition) is 3. The van der Waals surface area contributed by atoms with Gasteiger partial charge in [-0.25, -0.2) is 9.97 Å². The summed E-state index contributed by atoms with van der Waals surface area (Å²) in [5.41, 5.74) is 2.91. The fraction of sp³-hybridized carbons (Fsp3) is 0.125. The number of rotatable bonds is 2. The van der Waals surface area contributed by atoms with E-state index in [-0.39, 0.29) is 0 Å². The Morgan fingerprint density at radius 2 is 1.85 bits per heavy atom. The van der Waals surface area contributed by atoms with Crippen molar-refractivity contribution in [2.75, 3.05) is 12.4 Å². The highest BCUT2D eigenvalue weighted by Gasteiger charge is 2.09. The highest BCUT2D eigenvalue weighted by molar-refractivity contribution is 6.31. The lowest BCUT2D eigenvalue weighted by Gasteiger charge is -2.09. The van der Waals surface area contributed by atoms with Crippen molar-refractivity contribution in [3.8, 4) is 11.4 Å². The summed E-state index contributed by atoms with van der Waals surface area (Å²) >= 11 is 6.07. The van der Waals surface area contributed by atoms with Crippen molar-refractivity contribution in [3.05, 3.63) is 53.1 Å². The highest BCUT2D eigenvalue weighted by Crippen LogP contribution is 2.26. The van der Waals surface area contributed by atoms with Crippen molar-refractivity contribution in [3.63, 3.8) is 0 Å². The number of fused-ring (bicyclic) bond motifs is 1. The lowest BCUT2D eigenvalue weighted by atomic mass is 10.1. The predicted octanol–water partition coefficient (Wildman–Crippen LogP) is 4.30. The Hall–Kier alpha value is -2.13. The number of aryl methyl sites for hydroxylation is 1. The molecule has 0 unspecified atom stereocenters. The summed E-state index contributed by atoms with van der Waals surface area (Å²) in [6.07, 6.45) is 0. The average Bonchev–Trinajstić information content (AvgIpc) is 2.49. The first kappa shape index (κ1) is 12.9. The molecule has 0 saturated heterocycles. The summed E-state index contributed by atoms with van der Waals surface area (Å²) in [5, 5.41) is 4.90. The molecule has 0 fully saturated rings. The Balaban J connectivity index is 2.23. The van der Waals surface area contributed by atoms with Crippen LogP contribution in [0.15, 0.2) is 42.5 Å². The van der Waals surface area contributed by atoms with Gasteiger partial charge in [0, 0.05) is 23.0 Å². The second-order valence-electron chi connectivity index (χ2n) is 4.63. The minimum Gasteiger partial charge on any atom is -0.373 e. The highest BCUT2D eigenvalue weighted by atomic mass is 35.5. The van der Waals surface area contributed by atoms with E-state index in [1.165, 1.54) is 0 Å². The molecule has 100 valence electrons. The number of hydrogen-bond donors (Lipinski definition) is 1. The van der Waals surface area contributed by atoms with Gasteiger partial charge in [-0.15, -0.1) is 0 Å². The molecule has 0 amide bonds. The Labute approximate surface area is 122 Å². The van der Waals surface area contributed by atoms with Crippen LogP contribution in [0.3, 0.4) is 0 Å². The second kappa shape index (κ2) is 5.10. The molecule has 1 heterocycles. The standard InChI is InChI=1S/C16H14ClN3/c1-10-9-11(7-8-13(10)17)15-19-14-6-4-3-5-12(14)16(18-2)20-15/h3-9H,1-2H3,(H,18,19,20). The summed E-state index contributed by atoms with van der Waals surface area (Å²) in [5.74, 6) is 1.53. The van der Waals surface area contributed by atoms with Crippen LogP contribution in [-0.2, 0) is 0 Å². The van der Waals surface area contributed by atoms with Crippen molar-refractivity contribution >= 4 is 28.3 Å². The van der Waals surface area contributed by atoms with E-state index in [4.69, 9.17) is 11.6 Å². The van der Waals surface area contributed by atoms with Crippen molar-refractivity contribution in [2.45, 2.75) is 6.92 Å². The Morgan fingerprint density at radius 1 is 1.05 bits per heavy atom. The molecule has 0 bridgehead atoms. The number of aromatic nitrogens is 2. The van der Waals surface area contributed by atoms with Gasteiger partial charge in [-0.1, -0.05) is 23.7 Å². The van der Waals surface area contributed by atoms with Gasteiger partial charge < -0.3 is 5.32 Å². The molecule has 4 heteroatoms. The zero-order valence-corrected chi connectivity index (χ0v) is 12.1. The van der Waals surface area contributed by atoms with Gasteiger partial charge in [0.1, 0.15) is 5.82 Å². The fourth-order valence-corrected chi connectivity index (χ4v) is 2.30.